The molecule has 0 bridgehead atoms. The number of hydrogen-bond acceptors (Lipinski definition) is 3. The Morgan fingerprint density at radius 1 is 1.24 bits per heavy atom. The lowest BCUT2D eigenvalue weighted by molar-refractivity contribution is 0.0922. The first-order chi connectivity index (χ1) is 10.1. The van der Waals surface area contributed by atoms with Crippen molar-refractivity contribution >= 4 is 17.5 Å². The molecular weight excluding hydrogens is 290 g/mol. The summed E-state index contributed by atoms with van der Waals surface area (Å²) >= 11 is 5.81. The smallest absolute Gasteiger partial charge is 0.251 e. The van der Waals surface area contributed by atoms with Crippen molar-refractivity contribution in [3.05, 3.63) is 59.1 Å². The Labute approximate surface area is 128 Å². The Hall–Kier alpha value is -2.04. The number of carbonyl (C=O) groups is 1. The van der Waals surface area contributed by atoms with Crippen molar-refractivity contribution in [2.45, 2.75) is 13.0 Å². The Kier molecular flexibility index (Phi) is 5.20. The van der Waals surface area contributed by atoms with Crippen LogP contribution in [0.5, 0.6) is 11.5 Å². The number of carbonyl (C=O) groups excluding carboxylic acids is 1. The van der Waals surface area contributed by atoms with E-state index in [0.29, 0.717) is 22.1 Å². The van der Waals surface area contributed by atoms with E-state index < -0.39 is 0 Å². The average Bonchev–Trinajstić information content (AvgIpc) is 2.49. The van der Waals surface area contributed by atoms with Crippen LogP contribution in [0.15, 0.2) is 48.5 Å². The van der Waals surface area contributed by atoms with Gasteiger partial charge in [0.1, 0.15) is 11.5 Å². The fourth-order valence-electron chi connectivity index (χ4n) is 1.69. The number of aliphatic hydroxyl groups is 1. The van der Waals surface area contributed by atoms with Gasteiger partial charge in [-0.3, -0.25) is 4.79 Å². The standard InChI is InChI=1S/C16H16ClNO3/c1-11(10-19)18-16(20)12-3-2-4-15(9-12)21-14-7-5-13(17)6-8-14/h2-9,11,19H,10H2,1H3,(H,18,20). The molecule has 21 heavy (non-hydrogen) atoms. The Morgan fingerprint density at radius 2 is 1.95 bits per heavy atom. The van der Waals surface area contributed by atoms with Gasteiger partial charge in [-0.1, -0.05) is 17.7 Å². The predicted molar refractivity (Wildman–Crippen MR) is 82.0 cm³/mol. The van der Waals surface area contributed by atoms with Crippen LogP contribution in [0.3, 0.4) is 0 Å². The fourth-order valence-corrected chi connectivity index (χ4v) is 1.82. The third-order valence-electron chi connectivity index (χ3n) is 2.80. The molecule has 0 fully saturated rings. The third kappa shape index (κ3) is 4.48. The van der Waals surface area contributed by atoms with Gasteiger partial charge in [-0.25, -0.2) is 0 Å². The van der Waals surface area contributed by atoms with Gasteiger partial charge in [0.15, 0.2) is 0 Å². The molecule has 0 spiro atoms. The highest BCUT2D eigenvalue weighted by molar-refractivity contribution is 6.30. The first-order valence-corrected chi connectivity index (χ1v) is 6.91. The second-order valence-electron chi connectivity index (χ2n) is 4.64. The van der Waals surface area contributed by atoms with E-state index in [4.69, 9.17) is 21.4 Å². The van der Waals surface area contributed by atoms with E-state index in [0.717, 1.165) is 0 Å². The summed E-state index contributed by atoms with van der Waals surface area (Å²) in [6.07, 6.45) is 0. The molecular formula is C16H16ClNO3. The Balaban J connectivity index is 2.10. The van der Waals surface area contributed by atoms with Gasteiger partial charge in [-0.15, -0.1) is 0 Å². The maximum absolute atomic E-state index is 12.0. The van der Waals surface area contributed by atoms with Gasteiger partial charge >= 0.3 is 0 Å². The van der Waals surface area contributed by atoms with E-state index in [9.17, 15) is 4.79 Å². The van der Waals surface area contributed by atoms with Gasteiger partial charge in [0.25, 0.3) is 5.91 Å². The number of rotatable bonds is 5. The van der Waals surface area contributed by atoms with Crippen molar-refractivity contribution in [1.29, 1.82) is 0 Å². The molecule has 0 radical (unpaired) electrons. The maximum atomic E-state index is 12.0. The van der Waals surface area contributed by atoms with E-state index in [1.165, 1.54) is 0 Å². The van der Waals surface area contributed by atoms with Crippen molar-refractivity contribution in [1.82, 2.24) is 5.32 Å². The second kappa shape index (κ2) is 7.11. The zero-order valence-electron chi connectivity index (χ0n) is 11.5. The van der Waals surface area contributed by atoms with Crippen molar-refractivity contribution in [3.8, 4) is 11.5 Å². The van der Waals surface area contributed by atoms with Gasteiger partial charge in [0, 0.05) is 16.6 Å². The molecule has 2 aromatic carbocycles. The Morgan fingerprint density at radius 3 is 2.62 bits per heavy atom. The molecule has 110 valence electrons. The van der Waals surface area contributed by atoms with Crippen molar-refractivity contribution in [3.63, 3.8) is 0 Å². The average molecular weight is 306 g/mol. The summed E-state index contributed by atoms with van der Waals surface area (Å²) in [6.45, 7) is 1.62. The molecule has 0 heterocycles. The van der Waals surface area contributed by atoms with Crippen LogP contribution >= 0.6 is 11.6 Å². The molecule has 4 nitrogen and oxygen atoms in total. The molecule has 2 N–H and O–H groups in total. The summed E-state index contributed by atoms with van der Waals surface area (Å²) in [5.41, 5.74) is 0.474. The zero-order valence-corrected chi connectivity index (χ0v) is 12.3. The highest BCUT2D eigenvalue weighted by Crippen LogP contribution is 2.23. The van der Waals surface area contributed by atoms with Gasteiger partial charge in [0.05, 0.1) is 6.61 Å². The van der Waals surface area contributed by atoms with Crippen molar-refractivity contribution in [2.75, 3.05) is 6.61 Å². The highest BCUT2D eigenvalue weighted by Gasteiger charge is 2.10. The topological polar surface area (TPSA) is 58.6 Å². The second-order valence-corrected chi connectivity index (χ2v) is 5.08. The van der Waals surface area contributed by atoms with Crippen LogP contribution in [-0.4, -0.2) is 23.7 Å². The minimum Gasteiger partial charge on any atom is -0.457 e. The normalized spacial score (nSPS) is 11.8. The summed E-state index contributed by atoms with van der Waals surface area (Å²) in [5.74, 6) is 0.945. The van der Waals surface area contributed by atoms with E-state index in [1.807, 2.05) is 0 Å². The lowest BCUT2D eigenvalue weighted by Crippen LogP contribution is -2.34. The summed E-state index contributed by atoms with van der Waals surface area (Å²) in [7, 11) is 0. The summed E-state index contributed by atoms with van der Waals surface area (Å²) in [4.78, 5) is 12.0. The SMILES string of the molecule is CC(CO)NC(=O)c1cccc(Oc2ccc(Cl)cc2)c1. The molecule has 2 aromatic rings. The van der Waals surface area contributed by atoms with Gasteiger partial charge in [0.2, 0.25) is 0 Å². The van der Waals surface area contributed by atoms with Gasteiger partial charge in [-0.2, -0.15) is 0 Å². The van der Waals surface area contributed by atoms with E-state index in [1.54, 1.807) is 55.5 Å². The third-order valence-corrected chi connectivity index (χ3v) is 3.05. The first-order valence-electron chi connectivity index (χ1n) is 6.53. The van der Waals surface area contributed by atoms with Crippen LogP contribution in [0.2, 0.25) is 5.02 Å². The maximum Gasteiger partial charge on any atom is 0.251 e. The number of halogens is 1. The van der Waals surface area contributed by atoms with Crippen LogP contribution < -0.4 is 10.1 Å². The van der Waals surface area contributed by atoms with Gasteiger partial charge in [-0.05, 0) is 49.4 Å². The van der Waals surface area contributed by atoms with Crippen LogP contribution in [0.25, 0.3) is 0 Å². The van der Waals surface area contributed by atoms with Crippen LogP contribution in [0.4, 0.5) is 0 Å². The number of aliphatic hydroxyl groups excluding tert-OH is 1. The molecule has 0 aliphatic carbocycles. The van der Waals surface area contributed by atoms with Crippen LogP contribution in [-0.2, 0) is 0 Å². The highest BCUT2D eigenvalue weighted by atomic mass is 35.5. The molecule has 0 saturated carbocycles. The molecule has 1 amide bonds. The van der Waals surface area contributed by atoms with Gasteiger partial charge < -0.3 is 15.2 Å². The zero-order chi connectivity index (χ0) is 15.2. The number of hydrogen-bond donors (Lipinski definition) is 2. The van der Waals surface area contributed by atoms with Crippen LogP contribution in [0, 0.1) is 0 Å². The summed E-state index contributed by atoms with van der Waals surface area (Å²) in [6, 6.07) is 13.5. The quantitative estimate of drug-likeness (QED) is 0.891. The number of ether oxygens (including phenoxy) is 1. The first kappa shape index (κ1) is 15.4. The molecule has 2 rings (SSSR count). The van der Waals surface area contributed by atoms with Crippen LogP contribution in [0.1, 0.15) is 17.3 Å². The molecule has 0 saturated heterocycles. The lowest BCUT2D eigenvalue weighted by Gasteiger charge is -2.12. The van der Waals surface area contributed by atoms with Crippen molar-refractivity contribution < 1.29 is 14.6 Å². The number of amides is 1. The minimum atomic E-state index is -0.293. The molecule has 0 aliphatic rings. The fraction of sp³-hybridized carbons (Fsp3) is 0.188. The predicted octanol–water partition coefficient (Wildman–Crippen LogP) is 3.24. The molecule has 5 heteroatoms. The summed E-state index contributed by atoms with van der Waals surface area (Å²) in [5, 5.41) is 12.3. The molecule has 0 aliphatic heterocycles. The van der Waals surface area contributed by atoms with E-state index >= 15 is 0 Å². The lowest BCUT2D eigenvalue weighted by atomic mass is 10.2. The monoisotopic (exact) mass is 305 g/mol. The molecule has 1 unspecified atom stereocenters. The molecule has 1 atom stereocenters. The molecule has 0 aromatic heterocycles. The number of nitrogens with one attached hydrogen (secondary N) is 1. The van der Waals surface area contributed by atoms with E-state index in [2.05, 4.69) is 5.32 Å². The summed E-state index contributed by atoms with van der Waals surface area (Å²) < 4.78 is 5.67. The largest absolute Gasteiger partial charge is 0.457 e. The number of benzene rings is 2. The Bertz CT molecular complexity index is 613. The minimum absolute atomic E-state index is 0.104. The van der Waals surface area contributed by atoms with Crippen molar-refractivity contribution in [2.24, 2.45) is 0 Å². The van der Waals surface area contributed by atoms with E-state index in [-0.39, 0.29) is 18.6 Å².